The number of rotatable bonds is 10. The van der Waals surface area contributed by atoms with Crippen LogP contribution in [0, 0.1) is 5.92 Å². The van der Waals surface area contributed by atoms with E-state index in [2.05, 4.69) is 34.8 Å². The molecule has 5 nitrogen and oxygen atoms in total. The number of guanidine groups is 1. The Morgan fingerprint density at radius 1 is 1.12 bits per heavy atom. The van der Waals surface area contributed by atoms with Crippen molar-refractivity contribution >= 4 is 11.9 Å². The van der Waals surface area contributed by atoms with Gasteiger partial charge in [0.15, 0.2) is 5.96 Å². The van der Waals surface area contributed by atoms with E-state index < -0.39 is 0 Å². The van der Waals surface area contributed by atoms with Crippen LogP contribution in [0.25, 0.3) is 0 Å². The first-order chi connectivity index (χ1) is 11.6. The van der Waals surface area contributed by atoms with E-state index in [0.717, 1.165) is 31.0 Å². The third-order valence-electron chi connectivity index (χ3n) is 3.53. The van der Waals surface area contributed by atoms with E-state index in [1.54, 1.807) is 0 Å². The Morgan fingerprint density at radius 2 is 1.88 bits per heavy atom. The van der Waals surface area contributed by atoms with Crippen molar-refractivity contribution in [2.24, 2.45) is 10.9 Å². The van der Waals surface area contributed by atoms with Gasteiger partial charge in [0.25, 0.3) is 0 Å². The van der Waals surface area contributed by atoms with E-state index in [-0.39, 0.29) is 5.91 Å². The van der Waals surface area contributed by atoms with Gasteiger partial charge in [-0.05, 0) is 31.2 Å². The Morgan fingerprint density at radius 3 is 2.54 bits per heavy atom. The van der Waals surface area contributed by atoms with E-state index in [1.807, 2.05) is 37.3 Å². The molecule has 24 heavy (non-hydrogen) atoms. The van der Waals surface area contributed by atoms with Crippen LogP contribution in [-0.2, 0) is 11.3 Å². The van der Waals surface area contributed by atoms with Crippen LogP contribution < -0.4 is 16.0 Å². The summed E-state index contributed by atoms with van der Waals surface area (Å²) in [6, 6.07) is 9.93. The van der Waals surface area contributed by atoms with Crippen molar-refractivity contribution in [2.75, 3.05) is 19.6 Å². The van der Waals surface area contributed by atoms with Gasteiger partial charge in [0, 0.05) is 32.6 Å². The summed E-state index contributed by atoms with van der Waals surface area (Å²) in [5.74, 6) is 1.54. The van der Waals surface area contributed by atoms with Gasteiger partial charge in [0.2, 0.25) is 5.91 Å². The Bertz CT molecular complexity index is 485. The summed E-state index contributed by atoms with van der Waals surface area (Å²) >= 11 is 0. The number of nitrogens with one attached hydrogen (secondary N) is 3. The molecule has 1 aromatic rings. The molecule has 0 aromatic heterocycles. The summed E-state index contributed by atoms with van der Waals surface area (Å²) in [6.45, 7) is 9.27. The van der Waals surface area contributed by atoms with Crippen LogP contribution in [0.15, 0.2) is 35.3 Å². The molecule has 1 aromatic carbocycles. The minimum atomic E-state index is 0.0435. The van der Waals surface area contributed by atoms with Gasteiger partial charge in [0.1, 0.15) is 0 Å². The quantitative estimate of drug-likeness (QED) is 0.351. The lowest BCUT2D eigenvalue weighted by Crippen LogP contribution is -2.39. The largest absolute Gasteiger partial charge is 0.357 e. The van der Waals surface area contributed by atoms with E-state index in [1.165, 1.54) is 6.42 Å². The van der Waals surface area contributed by atoms with Gasteiger partial charge in [-0.1, -0.05) is 44.2 Å². The van der Waals surface area contributed by atoms with E-state index >= 15 is 0 Å². The predicted molar refractivity (Wildman–Crippen MR) is 101 cm³/mol. The number of nitrogens with zero attached hydrogens (tertiary/aromatic N) is 1. The molecular weight excluding hydrogens is 300 g/mol. The molecule has 0 saturated carbocycles. The number of benzene rings is 1. The molecule has 0 unspecified atom stereocenters. The van der Waals surface area contributed by atoms with Crippen LogP contribution in [0.3, 0.4) is 0 Å². The molecule has 0 heterocycles. The Kier molecular flexibility index (Phi) is 10.3. The molecule has 0 aliphatic carbocycles. The topological polar surface area (TPSA) is 65.5 Å². The molecule has 0 atom stereocenters. The van der Waals surface area contributed by atoms with Crippen molar-refractivity contribution in [2.45, 2.75) is 46.6 Å². The number of carbonyl (C=O) groups is 1. The minimum Gasteiger partial charge on any atom is -0.357 e. The molecule has 0 fully saturated rings. The van der Waals surface area contributed by atoms with Crippen LogP contribution in [0.2, 0.25) is 0 Å². The lowest BCUT2D eigenvalue weighted by Gasteiger charge is -2.11. The SMILES string of the molecule is CCNC(=NCCCC(C)C)NCCC(=O)NCc1ccccc1. The summed E-state index contributed by atoms with van der Waals surface area (Å²) in [6.07, 6.45) is 2.71. The molecule has 0 aliphatic rings. The third kappa shape index (κ3) is 9.87. The number of hydrogen-bond acceptors (Lipinski definition) is 2. The van der Waals surface area contributed by atoms with Crippen molar-refractivity contribution in [3.05, 3.63) is 35.9 Å². The van der Waals surface area contributed by atoms with Crippen molar-refractivity contribution in [3.63, 3.8) is 0 Å². The maximum absolute atomic E-state index is 11.9. The fourth-order valence-corrected chi connectivity index (χ4v) is 2.21. The van der Waals surface area contributed by atoms with Gasteiger partial charge < -0.3 is 16.0 Å². The summed E-state index contributed by atoms with van der Waals surface area (Å²) in [5.41, 5.74) is 1.11. The van der Waals surface area contributed by atoms with Gasteiger partial charge in [-0.25, -0.2) is 0 Å². The monoisotopic (exact) mass is 332 g/mol. The van der Waals surface area contributed by atoms with Crippen LogP contribution >= 0.6 is 0 Å². The third-order valence-corrected chi connectivity index (χ3v) is 3.53. The Labute approximate surface area is 146 Å². The zero-order chi connectivity index (χ0) is 17.6. The van der Waals surface area contributed by atoms with Gasteiger partial charge in [-0.15, -0.1) is 0 Å². The van der Waals surface area contributed by atoms with Crippen LogP contribution in [-0.4, -0.2) is 31.5 Å². The molecule has 5 heteroatoms. The Hall–Kier alpha value is -2.04. The zero-order valence-corrected chi connectivity index (χ0v) is 15.3. The van der Waals surface area contributed by atoms with Crippen molar-refractivity contribution in [1.82, 2.24) is 16.0 Å². The first-order valence-corrected chi connectivity index (χ1v) is 8.94. The predicted octanol–water partition coefficient (Wildman–Crippen LogP) is 2.68. The number of hydrogen-bond donors (Lipinski definition) is 3. The molecule has 0 bridgehead atoms. The van der Waals surface area contributed by atoms with E-state index in [9.17, 15) is 4.79 Å². The maximum Gasteiger partial charge on any atom is 0.222 e. The molecule has 1 rings (SSSR count). The van der Waals surface area contributed by atoms with Crippen LogP contribution in [0.1, 0.15) is 45.6 Å². The van der Waals surface area contributed by atoms with E-state index in [4.69, 9.17) is 0 Å². The highest BCUT2D eigenvalue weighted by Gasteiger charge is 2.03. The lowest BCUT2D eigenvalue weighted by atomic mass is 10.1. The van der Waals surface area contributed by atoms with Gasteiger partial charge in [-0.2, -0.15) is 0 Å². The second-order valence-corrected chi connectivity index (χ2v) is 6.24. The first-order valence-electron chi connectivity index (χ1n) is 8.94. The molecule has 1 amide bonds. The summed E-state index contributed by atoms with van der Waals surface area (Å²) in [4.78, 5) is 16.4. The van der Waals surface area contributed by atoms with Crippen LogP contribution in [0.4, 0.5) is 0 Å². The van der Waals surface area contributed by atoms with Gasteiger partial charge in [-0.3, -0.25) is 9.79 Å². The maximum atomic E-state index is 11.9. The molecule has 134 valence electrons. The van der Waals surface area contributed by atoms with Gasteiger partial charge >= 0.3 is 0 Å². The normalized spacial score (nSPS) is 11.4. The lowest BCUT2D eigenvalue weighted by molar-refractivity contribution is -0.121. The molecule has 0 aliphatic heterocycles. The number of aliphatic imine (C=N–C) groups is 1. The number of amides is 1. The minimum absolute atomic E-state index is 0.0435. The molecule has 0 radical (unpaired) electrons. The molecule has 0 saturated heterocycles. The van der Waals surface area contributed by atoms with Crippen molar-refractivity contribution in [1.29, 1.82) is 0 Å². The molecule has 0 spiro atoms. The number of carbonyl (C=O) groups excluding carboxylic acids is 1. The Balaban J connectivity index is 2.23. The van der Waals surface area contributed by atoms with Crippen LogP contribution in [0.5, 0.6) is 0 Å². The highest BCUT2D eigenvalue weighted by molar-refractivity contribution is 5.81. The second-order valence-electron chi connectivity index (χ2n) is 6.24. The summed E-state index contributed by atoms with van der Waals surface area (Å²) in [7, 11) is 0. The summed E-state index contributed by atoms with van der Waals surface area (Å²) < 4.78 is 0. The zero-order valence-electron chi connectivity index (χ0n) is 15.3. The fourth-order valence-electron chi connectivity index (χ4n) is 2.21. The van der Waals surface area contributed by atoms with Gasteiger partial charge in [0.05, 0.1) is 0 Å². The fraction of sp³-hybridized carbons (Fsp3) is 0.579. The molecular formula is C19H32N4O. The summed E-state index contributed by atoms with van der Waals surface area (Å²) in [5, 5.41) is 9.36. The average molecular weight is 332 g/mol. The standard InChI is InChI=1S/C19H32N4O/c1-4-20-19(21-13-8-9-16(2)3)22-14-12-18(24)23-15-17-10-6-5-7-11-17/h5-7,10-11,16H,4,8-9,12-15H2,1-3H3,(H,23,24)(H2,20,21,22). The van der Waals surface area contributed by atoms with Crippen molar-refractivity contribution in [3.8, 4) is 0 Å². The average Bonchev–Trinajstić information content (AvgIpc) is 2.57. The first kappa shape index (κ1) is 20.0. The second kappa shape index (κ2) is 12.4. The smallest absolute Gasteiger partial charge is 0.222 e. The van der Waals surface area contributed by atoms with Crippen molar-refractivity contribution < 1.29 is 4.79 Å². The molecule has 3 N–H and O–H groups in total. The highest BCUT2D eigenvalue weighted by Crippen LogP contribution is 2.02. The highest BCUT2D eigenvalue weighted by atomic mass is 16.1. The van der Waals surface area contributed by atoms with E-state index in [0.29, 0.717) is 25.4 Å².